The molecule has 0 spiro atoms. The smallest absolute Gasteiger partial charge is 0.334 e. The predicted molar refractivity (Wildman–Crippen MR) is 120 cm³/mol. The summed E-state index contributed by atoms with van der Waals surface area (Å²) >= 11 is 0. The van der Waals surface area contributed by atoms with Crippen LogP contribution in [0.15, 0.2) is 23.8 Å². The van der Waals surface area contributed by atoms with Crippen LogP contribution in [0.2, 0.25) is 0 Å². The summed E-state index contributed by atoms with van der Waals surface area (Å²) in [4.78, 5) is 38.1. The number of esters is 3. The number of hydrogen-bond acceptors (Lipinski definition) is 9. The van der Waals surface area contributed by atoms with Crippen LogP contribution in [0.1, 0.15) is 60.8 Å². The van der Waals surface area contributed by atoms with E-state index in [0.717, 1.165) is 0 Å². The van der Waals surface area contributed by atoms with Crippen molar-refractivity contribution < 1.29 is 43.5 Å². The topological polar surface area (TPSA) is 129 Å². The Morgan fingerprint density at radius 1 is 1.26 bits per heavy atom. The number of carbonyl (C=O) groups excluding carboxylic acids is 3. The van der Waals surface area contributed by atoms with Gasteiger partial charge in [-0.05, 0) is 33.1 Å². The molecule has 3 rings (SSSR count). The van der Waals surface area contributed by atoms with E-state index in [4.69, 9.17) is 18.9 Å². The van der Waals surface area contributed by atoms with Gasteiger partial charge in [-0.25, -0.2) is 9.59 Å². The molecule has 3 heterocycles. The van der Waals surface area contributed by atoms with Crippen molar-refractivity contribution in [2.45, 2.75) is 96.6 Å². The highest BCUT2D eigenvalue weighted by molar-refractivity contribution is 5.92. The van der Waals surface area contributed by atoms with Crippen molar-refractivity contribution in [3.05, 3.63) is 23.8 Å². The van der Waals surface area contributed by atoms with Gasteiger partial charge in [0.2, 0.25) is 5.79 Å². The molecule has 8 atom stereocenters. The lowest BCUT2D eigenvalue weighted by Crippen LogP contribution is -2.58. The van der Waals surface area contributed by atoms with Crippen molar-refractivity contribution in [3.63, 3.8) is 0 Å². The van der Waals surface area contributed by atoms with Gasteiger partial charge >= 0.3 is 17.9 Å². The van der Waals surface area contributed by atoms with Gasteiger partial charge in [0.05, 0.1) is 12.0 Å². The van der Waals surface area contributed by atoms with Crippen molar-refractivity contribution in [1.29, 1.82) is 0 Å². The minimum Gasteiger partial charge on any atom is -0.455 e. The Morgan fingerprint density at radius 2 is 1.91 bits per heavy atom. The minimum absolute atomic E-state index is 0.00107. The lowest BCUT2D eigenvalue weighted by Gasteiger charge is -2.41. The van der Waals surface area contributed by atoms with Crippen LogP contribution in [0, 0.1) is 17.8 Å². The summed E-state index contributed by atoms with van der Waals surface area (Å²) in [5.74, 6) is -5.64. The van der Waals surface area contributed by atoms with Gasteiger partial charge < -0.3 is 29.2 Å². The Hall–Kier alpha value is -2.23. The van der Waals surface area contributed by atoms with Gasteiger partial charge in [-0.1, -0.05) is 33.4 Å². The van der Waals surface area contributed by atoms with E-state index in [1.54, 1.807) is 26.8 Å². The molecule has 2 N–H and O–H groups in total. The minimum atomic E-state index is -1.97. The molecule has 0 unspecified atom stereocenters. The zero-order chi connectivity index (χ0) is 25.6. The number of allylic oxidation sites excluding steroid dienone is 1. The standard InChI is InChI=1S/C25H36O9/c1-8-13(4)22(27)33-20-18-15(6)23(28)32-19(18)21(31-17(26)9-12(2)3)24(7,29)11-16-10-14(5)25(20,30)34-16/h8,12,14,16,18-21,29-30H,6,9-11H2,1-5,7H3/b13-8-/t14-,16-,18+,19+,20-,21-,24+,25+/m0/s1. The van der Waals surface area contributed by atoms with Crippen LogP contribution in [-0.2, 0) is 33.3 Å². The second-order valence-electron chi connectivity index (χ2n) is 10.4. The molecule has 0 radical (unpaired) electrons. The average molecular weight is 481 g/mol. The van der Waals surface area contributed by atoms with E-state index in [2.05, 4.69) is 6.58 Å². The van der Waals surface area contributed by atoms with Crippen LogP contribution < -0.4 is 0 Å². The molecule has 3 fully saturated rings. The van der Waals surface area contributed by atoms with Crippen molar-refractivity contribution in [1.82, 2.24) is 0 Å². The molecule has 190 valence electrons. The maximum Gasteiger partial charge on any atom is 0.334 e. The highest BCUT2D eigenvalue weighted by Gasteiger charge is 2.65. The first kappa shape index (κ1) is 26.4. The Labute approximate surface area is 200 Å². The maximum absolute atomic E-state index is 12.8. The summed E-state index contributed by atoms with van der Waals surface area (Å²) < 4.78 is 23.0. The quantitative estimate of drug-likeness (QED) is 0.346. The van der Waals surface area contributed by atoms with Gasteiger partial charge in [0.25, 0.3) is 0 Å². The van der Waals surface area contributed by atoms with Crippen LogP contribution >= 0.6 is 0 Å². The van der Waals surface area contributed by atoms with Crippen molar-refractivity contribution >= 4 is 17.9 Å². The summed E-state index contributed by atoms with van der Waals surface area (Å²) in [5, 5.41) is 23.2. The Balaban J connectivity index is 2.13. The lowest BCUT2D eigenvalue weighted by atomic mass is 9.75. The van der Waals surface area contributed by atoms with E-state index in [-0.39, 0.29) is 24.3 Å². The molecule has 0 aliphatic carbocycles. The molecule has 34 heavy (non-hydrogen) atoms. The van der Waals surface area contributed by atoms with Crippen LogP contribution in [0.25, 0.3) is 0 Å². The normalized spacial score (nSPS) is 40.2. The number of ether oxygens (including phenoxy) is 4. The summed E-state index contributed by atoms with van der Waals surface area (Å²) in [7, 11) is 0. The van der Waals surface area contributed by atoms with Gasteiger partial charge in [0.1, 0.15) is 5.60 Å². The highest BCUT2D eigenvalue weighted by Crippen LogP contribution is 2.50. The Morgan fingerprint density at radius 3 is 2.50 bits per heavy atom. The molecule has 9 heteroatoms. The first-order valence-corrected chi connectivity index (χ1v) is 11.8. The van der Waals surface area contributed by atoms with E-state index in [9.17, 15) is 24.6 Å². The lowest BCUT2D eigenvalue weighted by molar-refractivity contribution is -0.277. The number of hydrogen-bond donors (Lipinski definition) is 2. The number of aliphatic hydroxyl groups is 2. The monoisotopic (exact) mass is 480 g/mol. The van der Waals surface area contributed by atoms with E-state index < -0.39 is 65.5 Å². The van der Waals surface area contributed by atoms with E-state index in [1.165, 1.54) is 6.92 Å². The molecule has 3 aliphatic rings. The second kappa shape index (κ2) is 9.43. The van der Waals surface area contributed by atoms with Crippen LogP contribution in [0.5, 0.6) is 0 Å². The summed E-state index contributed by atoms with van der Waals surface area (Å²) in [6.45, 7) is 14.0. The molecule has 0 saturated carbocycles. The third-order valence-corrected chi connectivity index (χ3v) is 7.05. The van der Waals surface area contributed by atoms with Gasteiger partial charge in [-0.3, -0.25) is 4.79 Å². The van der Waals surface area contributed by atoms with Crippen molar-refractivity contribution in [2.24, 2.45) is 17.8 Å². The summed E-state index contributed by atoms with van der Waals surface area (Å²) in [5.41, 5.74) is -1.44. The molecular weight excluding hydrogens is 444 g/mol. The molecule has 0 aromatic rings. The van der Waals surface area contributed by atoms with E-state index >= 15 is 0 Å². The van der Waals surface area contributed by atoms with Crippen molar-refractivity contribution in [2.75, 3.05) is 0 Å². The van der Waals surface area contributed by atoms with Crippen LogP contribution in [-0.4, -0.2) is 63.9 Å². The zero-order valence-electron chi connectivity index (χ0n) is 20.7. The Kier molecular flexibility index (Phi) is 7.32. The number of rotatable bonds is 5. The average Bonchev–Trinajstić information content (AvgIpc) is 3.17. The van der Waals surface area contributed by atoms with Crippen LogP contribution in [0.4, 0.5) is 0 Å². The SMILES string of the molecule is C=C1C(=O)O[C@@H]2[C@@H]1[C@H](OC(=O)/C(C)=C\C)[C@]1(O)O[C@@H](C[C@@H]1C)C[C@@](C)(O)[C@H]2OC(=O)CC(C)C. The molecular formula is C25H36O9. The zero-order valence-corrected chi connectivity index (χ0v) is 20.7. The maximum atomic E-state index is 12.8. The first-order valence-electron chi connectivity index (χ1n) is 11.8. The summed E-state index contributed by atoms with van der Waals surface area (Å²) in [6, 6.07) is 0. The second-order valence-corrected chi connectivity index (χ2v) is 10.4. The van der Waals surface area contributed by atoms with Gasteiger partial charge in [-0.15, -0.1) is 0 Å². The molecule has 9 nitrogen and oxygen atoms in total. The number of fused-ring (bicyclic) bond motifs is 3. The number of carbonyl (C=O) groups is 3. The summed E-state index contributed by atoms with van der Waals surface area (Å²) in [6.07, 6.45) is -2.53. The molecule has 0 aromatic heterocycles. The molecule has 3 aliphatic heterocycles. The molecule has 0 aromatic carbocycles. The van der Waals surface area contributed by atoms with E-state index in [1.807, 2.05) is 13.8 Å². The fourth-order valence-electron chi connectivity index (χ4n) is 5.07. The fraction of sp³-hybridized carbons (Fsp3) is 0.720. The van der Waals surface area contributed by atoms with Crippen LogP contribution in [0.3, 0.4) is 0 Å². The fourth-order valence-corrected chi connectivity index (χ4v) is 5.07. The molecule has 2 bridgehead atoms. The van der Waals surface area contributed by atoms with Gasteiger partial charge in [-0.2, -0.15) is 0 Å². The van der Waals surface area contributed by atoms with E-state index in [0.29, 0.717) is 12.0 Å². The molecule has 0 amide bonds. The third-order valence-electron chi connectivity index (χ3n) is 7.05. The Bertz CT molecular complexity index is 889. The third kappa shape index (κ3) is 4.78. The van der Waals surface area contributed by atoms with Crippen molar-refractivity contribution in [3.8, 4) is 0 Å². The highest BCUT2D eigenvalue weighted by atomic mass is 16.7. The predicted octanol–water partition coefficient (Wildman–Crippen LogP) is 2.19. The molecule has 3 saturated heterocycles. The first-order chi connectivity index (χ1) is 15.7. The van der Waals surface area contributed by atoms with Gasteiger partial charge in [0, 0.05) is 29.9 Å². The largest absolute Gasteiger partial charge is 0.455 e. The van der Waals surface area contributed by atoms with Gasteiger partial charge in [0.15, 0.2) is 18.3 Å².